The van der Waals surface area contributed by atoms with Crippen molar-refractivity contribution in [2.24, 2.45) is 5.92 Å². The molecule has 0 aliphatic heterocycles. The fourth-order valence-corrected chi connectivity index (χ4v) is 3.14. The van der Waals surface area contributed by atoms with Crippen molar-refractivity contribution in [1.82, 2.24) is 5.32 Å². The molecule has 0 rings (SSSR count). The van der Waals surface area contributed by atoms with Crippen molar-refractivity contribution in [2.45, 2.75) is 65.8 Å². The first kappa shape index (κ1) is 17.1. The lowest BCUT2D eigenvalue weighted by atomic mass is 10.1. The lowest BCUT2D eigenvalue weighted by Crippen LogP contribution is -2.26. The Morgan fingerprint density at radius 3 is 2.35 bits per heavy atom. The molecule has 104 valence electrons. The molecule has 3 heteroatoms. The van der Waals surface area contributed by atoms with E-state index in [2.05, 4.69) is 33.0 Å². The lowest BCUT2D eigenvalue weighted by Gasteiger charge is -2.12. The SMILES string of the molecule is CCCNC(C)CCCCS(=O)CCC(C)C. The van der Waals surface area contributed by atoms with Gasteiger partial charge in [0.05, 0.1) is 0 Å². The van der Waals surface area contributed by atoms with Crippen LogP contribution in [-0.4, -0.2) is 28.3 Å². The molecule has 1 N–H and O–H groups in total. The smallest absolute Gasteiger partial charge is 0.0237 e. The minimum absolute atomic E-state index is 0.581. The third-order valence-corrected chi connectivity index (χ3v) is 4.36. The Balaban J connectivity index is 3.35. The second kappa shape index (κ2) is 11.2. The number of rotatable bonds is 11. The molecule has 0 saturated heterocycles. The van der Waals surface area contributed by atoms with Crippen molar-refractivity contribution in [3.8, 4) is 0 Å². The molecule has 0 saturated carbocycles. The van der Waals surface area contributed by atoms with Crippen LogP contribution in [0.2, 0.25) is 0 Å². The zero-order valence-corrected chi connectivity index (χ0v) is 12.9. The molecule has 0 aliphatic rings. The van der Waals surface area contributed by atoms with E-state index in [1.54, 1.807) is 0 Å². The van der Waals surface area contributed by atoms with E-state index in [1.807, 2.05) is 0 Å². The van der Waals surface area contributed by atoms with Gasteiger partial charge in [-0.05, 0) is 45.1 Å². The second-order valence-electron chi connectivity index (χ2n) is 5.38. The minimum Gasteiger partial charge on any atom is -0.314 e. The van der Waals surface area contributed by atoms with Crippen LogP contribution in [0.5, 0.6) is 0 Å². The topological polar surface area (TPSA) is 29.1 Å². The largest absolute Gasteiger partial charge is 0.314 e. The van der Waals surface area contributed by atoms with E-state index in [0.717, 1.165) is 30.9 Å². The monoisotopic (exact) mass is 261 g/mol. The summed E-state index contributed by atoms with van der Waals surface area (Å²) in [5.74, 6) is 2.46. The number of hydrogen-bond acceptors (Lipinski definition) is 2. The van der Waals surface area contributed by atoms with Gasteiger partial charge < -0.3 is 5.32 Å². The zero-order chi connectivity index (χ0) is 13.1. The van der Waals surface area contributed by atoms with Crippen LogP contribution in [0.25, 0.3) is 0 Å². The minimum atomic E-state index is -0.581. The van der Waals surface area contributed by atoms with Crippen molar-refractivity contribution in [3.05, 3.63) is 0 Å². The predicted molar refractivity (Wildman–Crippen MR) is 78.9 cm³/mol. The third kappa shape index (κ3) is 12.4. The van der Waals surface area contributed by atoms with Crippen molar-refractivity contribution in [2.75, 3.05) is 18.1 Å². The maximum Gasteiger partial charge on any atom is 0.0237 e. The molecule has 0 heterocycles. The fraction of sp³-hybridized carbons (Fsp3) is 1.00. The van der Waals surface area contributed by atoms with Gasteiger partial charge in [0, 0.05) is 28.3 Å². The van der Waals surface area contributed by atoms with Crippen molar-refractivity contribution in [3.63, 3.8) is 0 Å². The van der Waals surface area contributed by atoms with E-state index in [-0.39, 0.29) is 0 Å². The van der Waals surface area contributed by atoms with Crippen LogP contribution in [0.3, 0.4) is 0 Å². The normalized spacial score (nSPS) is 15.1. The average Bonchev–Trinajstić information content (AvgIpc) is 2.29. The molecule has 0 aromatic heterocycles. The molecule has 0 aliphatic carbocycles. The first-order valence-corrected chi connectivity index (χ1v) is 8.63. The van der Waals surface area contributed by atoms with Crippen LogP contribution in [0.4, 0.5) is 0 Å². The summed E-state index contributed by atoms with van der Waals surface area (Å²) in [4.78, 5) is 0. The highest BCUT2D eigenvalue weighted by Gasteiger charge is 2.03. The van der Waals surface area contributed by atoms with Crippen molar-refractivity contribution >= 4 is 10.8 Å². The highest BCUT2D eigenvalue weighted by molar-refractivity contribution is 7.84. The summed E-state index contributed by atoms with van der Waals surface area (Å²) < 4.78 is 11.7. The second-order valence-corrected chi connectivity index (χ2v) is 7.08. The van der Waals surface area contributed by atoms with E-state index < -0.39 is 10.8 Å². The molecule has 2 nitrogen and oxygen atoms in total. The third-order valence-electron chi connectivity index (χ3n) is 2.92. The van der Waals surface area contributed by atoms with E-state index >= 15 is 0 Å². The van der Waals surface area contributed by atoms with Gasteiger partial charge >= 0.3 is 0 Å². The molecule has 0 bridgehead atoms. The summed E-state index contributed by atoms with van der Waals surface area (Å²) in [6.45, 7) is 9.93. The van der Waals surface area contributed by atoms with Crippen LogP contribution in [0, 0.1) is 5.92 Å². The molecule has 0 spiro atoms. The van der Waals surface area contributed by atoms with E-state index in [9.17, 15) is 4.21 Å². The number of nitrogens with one attached hydrogen (secondary N) is 1. The Kier molecular flexibility index (Phi) is 11.3. The van der Waals surface area contributed by atoms with E-state index in [0.29, 0.717) is 12.0 Å². The van der Waals surface area contributed by atoms with Gasteiger partial charge in [0.1, 0.15) is 0 Å². The van der Waals surface area contributed by atoms with Crippen LogP contribution in [0.15, 0.2) is 0 Å². The van der Waals surface area contributed by atoms with Gasteiger partial charge in [-0.25, -0.2) is 0 Å². The first-order valence-electron chi connectivity index (χ1n) is 7.14. The molecule has 0 radical (unpaired) electrons. The molecular weight excluding hydrogens is 230 g/mol. The Morgan fingerprint density at radius 1 is 1.06 bits per heavy atom. The van der Waals surface area contributed by atoms with Crippen LogP contribution >= 0.6 is 0 Å². The Labute approximate surface area is 110 Å². The van der Waals surface area contributed by atoms with Gasteiger partial charge in [0.2, 0.25) is 0 Å². The molecule has 0 fully saturated rings. The molecule has 2 unspecified atom stereocenters. The summed E-state index contributed by atoms with van der Waals surface area (Å²) in [5, 5.41) is 3.48. The van der Waals surface area contributed by atoms with Crippen LogP contribution in [0.1, 0.15) is 59.8 Å². The van der Waals surface area contributed by atoms with Crippen molar-refractivity contribution < 1.29 is 4.21 Å². The molecule has 2 atom stereocenters. The van der Waals surface area contributed by atoms with Gasteiger partial charge in [-0.2, -0.15) is 0 Å². The van der Waals surface area contributed by atoms with Gasteiger partial charge in [-0.1, -0.05) is 27.2 Å². The Morgan fingerprint density at radius 2 is 1.76 bits per heavy atom. The average molecular weight is 261 g/mol. The lowest BCUT2D eigenvalue weighted by molar-refractivity contribution is 0.495. The fourth-order valence-electron chi connectivity index (χ4n) is 1.68. The number of hydrogen-bond donors (Lipinski definition) is 1. The van der Waals surface area contributed by atoms with Crippen LogP contribution in [-0.2, 0) is 10.8 Å². The quantitative estimate of drug-likeness (QED) is 0.578. The summed E-state index contributed by atoms with van der Waals surface area (Å²) in [6, 6.07) is 0.610. The zero-order valence-electron chi connectivity index (χ0n) is 12.1. The predicted octanol–water partition coefficient (Wildman–Crippen LogP) is 3.34. The molecule has 17 heavy (non-hydrogen) atoms. The number of unbranched alkanes of at least 4 members (excludes halogenated alkanes) is 1. The molecular formula is C14H31NOS. The summed E-state index contributed by atoms with van der Waals surface area (Å²) in [7, 11) is -0.581. The van der Waals surface area contributed by atoms with Gasteiger partial charge in [-0.15, -0.1) is 0 Å². The van der Waals surface area contributed by atoms with Crippen molar-refractivity contribution in [1.29, 1.82) is 0 Å². The summed E-state index contributed by atoms with van der Waals surface area (Å²) >= 11 is 0. The van der Waals surface area contributed by atoms with Gasteiger partial charge in [0.15, 0.2) is 0 Å². The maximum absolute atomic E-state index is 11.7. The molecule has 0 amide bonds. The van der Waals surface area contributed by atoms with E-state index in [4.69, 9.17) is 0 Å². The Hall–Kier alpha value is 0.110. The van der Waals surface area contributed by atoms with E-state index in [1.165, 1.54) is 19.3 Å². The first-order chi connectivity index (χ1) is 8.06. The highest BCUT2D eigenvalue weighted by Crippen LogP contribution is 2.05. The van der Waals surface area contributed by atoms with Gasteiger partial charge in [-0.3, -0.25) is 4.21 Å². The molecule has 0 aromatic rings. The van der Waals surface area contributed by atoms with Crippen LogP contribution < -0.4 is 5.32 Å². The summed E-state index contributed by atoms with van der Waals surface area (Å²) in [5.41, 5.74) is 0. The standard InChI is InChI=1S/C14H31NOS/c1-5-10-15-14(4)8-6-7-11-17(16)12-9-13(2)3/h13-15H,5-12H2,1-4H3. The molecule has 0 aromatic carbocycles. The maximum atomic E-state index is 11.7. The highest BCUT2D eigenvalue weighted by atomic mass is 32.2. The summed E-state index contributed by atoms with van der Waals surface area (Å²) in [6.07, 6.45) is 5.82. The Bertz CT molecular complexity index is 195. The van der Waals surface area contributed by atoms with Gasteiger partial charge in [0.25, 0.3) is 0 Å².